The SMILES string of the molecule is CCC1CCCCC1C(O)c1cccc2c1OC(C)(C)C2. The minimum Gasteiger partial charge on any atom is -0.487 e. The Labute approximate surface area is 128 Å². The van der Waals surface area contributed by atoms with Gasteiger partial charge in [0.2, 0.25) is 0 Å². The molecule has 0 spiro atoms. The third-order valence-electron chi connectivity index (χ3n) is 5.34. The van der Waals surface area contributed by atoms with Crippen LogP contribution in [-0.4, -0.2) is 10.7 Å². The van der Waals surface area contributed by atoms with Crippen LogP contribution in [0.2, 0.25) is 0 Å². The van der Waals surface area contributed by atoms with Crippen LogP contribution in [0.25, 0.3) is 0 Å². The lowest BCUT2D eigenvalue weighted by Crippen LogP contribution is -2.27. The van der Waals surface area contributed by atoms with Crippen molar-refractivity contribution in [2.24, 2.45) is 11.8 Å². The molecule has 0 bridgehead atoms. The van der Waals surface area contributed by atoms with E-state index in [9.17, 15) is 5.11 Å². The maximum absolute atomic E-state index is 11.0. The highest BCUT2D eigenvalue weighted by Crippen LogP contribution is 2.46. The second-order valence-corrected chi connectivity index (χ2v) is 7.44. The fraction of sp³-hybridized carbons (Fsp3) is 0.684. The summed E-state index contributed by atoms with van der Waals surface area (Å²) in [6, 6.07) is 6.27. The Hall–Kier alpha value is -1.02. The van der Waals surface area contributed by atoms with Gasteiger partial charge in [-0.3, -0.25) is 0 Å². The van der Waals surface area contributed by atoms with Crippen molar-refractivity contribution in [2.45, 2.75) is 71.0 Å². The van der Waals surface area contributed by atoms with Crippen molar-refractivity contribution in [1.29, 1.82) is 0 Å². The molecule has 116 valence electrons. The monoisotopic (exact) mass is 288 g/mol. The molecule has 1 aromatic rings. The summed E-state index contributed by atoms with van der Waals surface area (Å²) in [5.74, 6) is 2.00. The van der Waals surface area contributed by atoms with Gasteiger partial charge in [-0.2, -0.15) is 0 Å². The number of para-hydroxylation sites is 1. The Morgan fingerprint density at radius 3 is 2.81 bits per heavy atom. The summed E-state index contributed by atoms with van der Waals surface area (Å²) in [4.78, 5) is 0. The highest BCUT2D eigenvalue weighted by atomic mass is 16.5. The zero-order valence-corrected chi connectivity index (χ0v) is 13.6. The van der Waals surface area contributed by atoms with E-state index in [2.05, 4.69) is 39.0 Å². The molecule has 2 aliphatic rings. The molecule has 1 fully saturated rings. The standard InChI is InChI=1S/C19H28O2/c1-4-13-8-5-6-10-15(13)17(20)16-11-7-9-14-12-19(2,3)21-18(14)16/h7,9,11,13,15,17,20H,4-6,8,10,12H2,1-3H3. The first kappa shape index (κ1) is 14.9. The zero-order valence-electron chi connectivity index (χ0n) is 13.6. The minimum absolute atomic E-state index is 0.144. The van der Waals surface area contributed by atoms with E-state index in [4.69, 9.17) is 4.74 Å². The van der Waals surface area contributed by atoms with Crippen LogP contribution >= 0.6 is 0 Å². The fourth-order valence-electron chi connectivity index (χ4n) is 4.26. The van der Waals surface area contributed by atoms with Crippen molar-refractivity contribution in [3.63, 3.8) is 0 Å². The molecule has 0 radical (unpaired) electrons. The number of benzene rings is 1. The Bertz CT molecular complexity index is 506. The quantitative estimate of drug-likeness (QED) is 0.877. The maximum Gasteiger partial charge on any atom is 0.129 e. The van der Waals surface area contributed by atoms with Crippen LogP contribution in [-0.2, 0) is 6.42 Å². The normalized spacial score (nSPS) is 28.8. The van der Waals surface area contributed by atoms with Crippen LogP contribution < -0.4 is 4.74 Å². The van der Waals surface area contributed by atoms with Gasteiger partial charge in [0.05, 0.1) is 6.10 Å². The summed E-state index contributed by atoms with van der Waals surface area (Å²) in [6.07, 6.45) is 6.71. The molecule has 21 heavy (non-hydrogen) atoms. The van der Waals surface area contributed by atoms with Crippen molar-refractivity contribution in [1.82, 2.24) is 0 Å². The number of aliphatic hydroxyl groups is 1. The minimum atomic E-state index is -0.376. The summed E-state index contributed by atoms with van der Waals surface area (Å²) in [5.41, 5.74) is 2.12. The van der Waals surface area contributed by atoms with Crippen LogP contribution in [0.5, 0.6) is 5.75 Å². The Balaban J connectivity index is 1.89. The number of rotatable bonds is 3. The molecular formula is C19H28O2. The summed E-state index contributed by atoms with van der Waals surface area (Å²) in [5, 5.41) is 11.0. The van der Waals surface area contributed by atoms with Gasteiger partial charge in [-0.15, -0.1) is 0 Å². The highest BCUT2D eigenvalue weighted by Gasteiger charge is 2.36. The summed E-state index contributed by atoms with van der Waals surface area (Å²) in [6.45, 7) is 6.50. The van der Waals surface area contributed by atoms with Gasteiger partial charge in [-0.05, 0) is 37.7 Å². The van der Waals surface area contributed by atoms with E-state index < -0.39 is 0 Å². The van der Waals surface area contributed by atoms with E-state index >= 15 is 0 Å². The van der Waals surface area contributed by atoms with Gasteiger partial charge in [0.15, 0.2) is 0 Å². The molecule has 0 aromatic heterocycles. The molecule has 2 nitrogen and oxygen atoms in total. The summed E-state index contributed by atoms with van der Waals surface area (Å²) >= 11 is 0. The van der Waals surface area contributed by atoms with Gasteiger partial charge in [0.1, 0.15) is 11.4 Å². The first-order chi connectivity index (χ1) is 10.0. The fourth-order valence-corrected chi connectivity index (χ4v) is 4.26. The summed E-state index contributed by atoms with van der Waals surface area (Å²) in [7, 11) is 0. The van der Waals surface area contributed by atoms with Crippen LogP contribution in [0.1, 0.15) is 70.1 Å². The largest absolute Gasteiger partial charge is 0.487 e. The molecule has 1 aliphatic heterocycles. The maximum atomic E-state index is 11.0. The molecule has 2 heteroatoms. The van der Waals surface area contributed by atoms with Gasteiger partial charge in [-0.1, -0.05) is 50.8 Å². The second-order valence-electron chi connectivity index (χ2n) is 7.44. The van der Waals surface area contributed by atoms with Gasteiger partial charge < -0.3 is 9.84 Å². The van der Waals surface area contributed by atoms with Crippen molar-refractivity contribution >= 4 is 0 Å². The number of hydrogen-bond donors (Lipinski definition) is 1. The van der Waals surface area contributed by atoms with Crippen molar-refractivity contribution in [3.8, 4) is 5.75 Å². The third kappa shape index (κ3) is 2.83. The lowest BCUT2D eigenvalue weighted by Gasteiger charge is -2.35. The molecular weight excluding hydrogens is 260 g/mol. The first-order valence-corrected chi connectivity index (χ1v) is 8.50. The van der Waals surface area contributed by atoms with E-state index in [1.807, 2.05) is 0 Å². The molecule has 3 atom stereocenters. The lowest BCUT2D eigenvalue weighted by atomic mass is 9.73. The average Bonchev–Trinajstić information content (AvgIpc) is 2.80. The number of fused-ring (bicyclic) bond motifs is 1. The predicted octanol–water partition coefficient (Wildman–Crippen LogP) is 4.65. The van der Waals surface area contributed by atoms with E-state index in [1.165, 1.54) is 31.2 Å². The predicted molar refractivity (Wildman–Crippen MR) is 85.6 cm³/mol. The molecule has 1 aromatic carbocycles. The van der Waals surface area contributed by atoms with E-state index in [1.54, 1.807) is 0 Å². The molecule has 3 unspecified atom stereocenters. The Morgan fingerprint density at radius 1 is 1.29 bits per heavy atom. The van der Waals surface area contributed by atoms with Crippen LogP contribution in [0.3, 0.4) is 0 Å². The van der Waals surface area contributed by atoms with E-state index in [0.717, 1.165) is 24.2 Å². The molecule has 3 rings (SSSR count). The van der Waals surface area contributed by atoms with Crippen molar-refractivity contribution < 1.29 is 9.84 Å². The third-order valence-corrected chi connectivity index (χ3v) is 5.34. The molecule has 0 amide bonds. The highest BCUT2D eigenvalue weighted by molar-refractivity contribution is 5.47. The Morgan fingerprint density at radius 2 is 2.05 bits per heavy atom. The number of aliphatic hydroxyl groups excluding tert-OH is 1. The van der Waals surface area contributed by atoms with Crippen molar-refractivity contribution in [3.05, 3.63) is 29.3 Å². The lowest BCUT2D eigenvalue weighted by molar-refractivity contribution is 0.0407. The van der Waals surface area contributed by atoms with Gasteiger partial charge >= 0.3 is 0 Å². The topological polar surface area (TPSA) is 29.5 Å². The van der Waals surface area contributed by atoms with E-state index in [0.29, 0.717) is 11.8 Å². The number of hydrogen-bond acceptors (Lipinski definition) is 2. The van der Waals surface area contributed by atoms with E-state index in [-0.39, 0.29) is 11.7 Å². The van der Waals surface area contributed by atoms with Gasteiger partial charge in [-0.25, -0.2) is 0 Å². The first-order valence-electron chi connectivity index (χ1n) is 8.50. The molecule has 1 heterocycles. The van der Waals surface area contributed by atoms with Gasteiger partial charge in [0, 0.05) is 12.0 Å². The average molecular weight is 288 g/mol. The van der Waals surface area contributed by atoms with Crippen LogP contribution in [0.4, 0.5) is 0 Å². The molecule has 1 saturated carbocycles. The zero-order chi connectivity index (χ0) is 15.0. The smallest absolute Gasteiger partial charge is 0.129 e. The summed E-state index contributed by atoms with van der Waals surface area (Å²) < 4.78 is 6.15. The van der Waals surface area contributed by atoms with Crippen LogP contribution in [0.15, 0.2) is 18.2 Å². The van der Waals surface area contributed by atoms with Crippen molar-refractivity contribution in [2.75, 3.05) is 0 Å². The second kappa shape index (κ2) is 5.64. The molecule has 1 N–H and O–H groups in total. The molecule has 1 aliphatic carbocycles. The van der Waals surface area contributed by atoms with Crippen LogP contribution in [0, 0.1) is 11.8 Å². The molecule has 0 saturated heterocycles. The number of ether oxygens (including phenoxy) is 1. The van der Waals surface area contributed by atoms with Gasteiger partial charge in [0.25, 0.3) is 0 Å². The Kier molecular flexibility index (Phi) is 4.00.